The number of ether oxygens (including phenoxy) is 3. The van der Waals surface area contributed by atoms with Gasteiger partial charge in [0.1, 0.15) is 6.04 Å². The summed E-state index contributed by atoms with van der Waals surface area (Å²) in [6.07, 6.45) is -0.658. The molecule has 1 aliphatic rings. The number of hydrogen-bond donors (Lipinski definition) is 2. The molecule has 19 heavy (non-hydrogen) atoms. The van der Waals surface area contributed by atoms with Crippen molar-refractivity contribution < 1.29 is 28.9 Å². The average Bonchev–Trinajstić information content (AvgIpc) is 2.85. The highest BCUT2D eigenvalue weighted by Crippen LogP contribution is 2.32. The molecule has 102 valence electrons. The molecule has 2 N–H and O–H groups in total. The zero-order valence-electron chi connectivity index (χ0n) is 10.2. The molecule has 1 aromatic carbocycles. The van der Waals surface area contributed by atoms with E-state index in [1.165, 1.54) is 7.11 Å². The lowest BCUT2D eigenvalue weighted by molar-refractivity contribution is -0.139. The van der Waals surface area contributed by atoms with E-state index in [-0.39, 0.29) is 13.2 Å². The van der Waals surface area contributed by atoms with Gasteiger partial charge in [0.25, 0.3) is 0 Å². The molecule has 1 amide bonds. The smallest absolute Gasteiger partial charge is 0.407 e. The van der Waals surface area contributed by atoms with E-state index in [0.717, 1.165) is 0 Å². The van der Waals surface area contributed by atoms with Crippen LogP contribution in [0, 0.1) is 0 Å². The molecule has 0 aromatic heterocycles. The SMILES string of the molecule is COC(=O)N[C@@H](Cc1ccc2c(c1)OCO2)C(=O)O. The van der Waals surface area contributed by atoms with E-state index in [0.29, 0.717) is 17.1 Å². The third kappa shape index (κ3) is 3.06. The Hall–Kier alpha value is -2.44. The van der Waals surface area contributed by atoms with E-state index in [1.807, 2.05) is 0 Å². The van der Waals surface area contributed by atoms with Crippen molar-refractivity contribution in [1.82, 2.24) is 5.32 Å². The fraction of sp³-hybridized carbons (Fsp3) is 0.333. The summed E-state index contributed by atoms with van der Waals surface area (Å²) >= 11 is 0. The van der Waals surface area contributed by atoms with Crippen LogP contribution in [-0.2, 0) is 16.0 Å². The summed E-state index contributed by atoms with van der Waals surface area (Å²) in [5, 5.41) is 11.3. The van der Waals surface area contributed by atoms with Crippen molar-refractivity contribution in [3.05, 3.63) is 23.8 Å². The van der Waals surface area contributed by atoms with Gasteiger partial charge >= 0.3 is 12.1 Å². The first kappa shape index (κ1) is 13.0. The number of benzene rings is 1. The van der Waals surface area contributed by atoms with Gasteiger partial charge in [-0.05, 0) is 17.7 Å². The third-order valence-electron chi connectivity index (χ3n) is 2.65. The average molecular weight is 267 g/mol. The van der Waals surface area contributed by atoms with E-state index in [9.17, 15) is 9.59 Å². The Labute approximate surface area is 109 Å². The Morgan fingerprint density at radius 2 is 2.16 bits per heavy atom. The molecule has 7 nitrogen and oxygen atoms in total. The van der Waals surface area contributed by atoms with Crippen LogP contribution in [-0.4, -0.2) is 37.1 Å². The quantitative estimate of drug-likeness (QED) is 0.836. The van der Waals surface area contributed by atoms with Gasteiger partial charge in [0, 0.05) is 6.42 Å². The third-order valence-corrected chi connectivity index (χ3v) is 2.65. The largest absolute Gasteiger partial charge is 0.480 e. The van der Waals surface area contributed by atoms with Gasteiger partial charge in [-0.2, -0.15) is 0 Å². The van der Waals surface area contributed by atoms with Gasteiger partial charge in [-0.3, -0.25) is 0 Å². The van der Waals surface area contributed by atoms with Crippen molar-refractivity contribution in [2.24, 2.45) is 0 Å². The number of carboxylic acid groups (broad SMARTS) is 1. The minimum absolute atomic E-state index is 0.126. The molecular weight excluding hydrogens is 254 g/mol. The van der Waals surface area contributed by atoms with Crippen LogP contribution in [0.3, 0.4) is 0 Å². The fourth-order valence-electron chi connectivity index (χ4n) is 1.70. The van der Waals surface area contributed by atoms with Gasteiger partial charge in [0.15, 0.2) is 11.5 Å². The normalized spacial score (nSPS) is 13.7. The van der Waals surface area contributed by atoms with Crippen molar-refractivity contribution in [3.8, 4) is 11.5 Å². The Balaban J connectivity index is 2.08. The standard InChI is InChI=1S/C12H13NO6/c1-17-12(16)13-8(11(14)15)4-7-2-3-9-10(5-7)19-6-18-9/h2-3,5,8H,4,6H2,1H3,(H,13,16)(H,14,15)/t8-/m0/s1. The van der Waals surface area contributed by atoms with Crippen LogP contribution in [0.1, 0.15) is 5.56 Å². The van der Waals surface area contributed by atoms with Crippen molar-refractivity contribution >= 4 is 12.1 Å². The zero-order chi connectivity index (χ0) is 13.8. The van der Waals surface area contributed by atoms with Crippen LogP contribution >= 0.6 is 0 Å². The summed E-state index contributed by atoms with van der Waals surface area (Å²) in [6.45, 7) is 0.154. The molecule has 1 atom stereocenters. The zero-order valence-corrected chi connectivity index (χ0v) is 10.2. The molecule has 1 aliphatic heterocycles. The molecule has 0 fully saturated rings. The summed E-state index contributed by atoms with van der Waals surface area (Å²) in [6, 6.07) is 4.06. The number of carbonyl (C=O) groups excluding carboxylic acids is 1. The van der Waals surface area contributed by atoms with Crippen LogP contribution in [0.15, 0.2) is 18.2 Å². The second-order valence-electron chi connectivity index (χ2n) is 3.92. The highest BCUT2D eigenvalue weighted by atomic mass is 16.7. The molecule has 0 spiro atoms. The second kappa shape index (κ2) is 5.47. The molecule has 1 aromatic rings. The first-order valence-electron chi connectivity index (χ1n) is 5.56. The van der Waals surface area contributed by atoms with Gasteiger partial charge in [-0.25, -0.2) is 9.59 Å². The van der Waals surface area contributed by atoms with Crippen LogP contribution in [0.4, 0.5) is 4.79 Å². The molecule has 0 radical (unpaired) electrons. The molecule has 0 unspecified atom stereocenters. The first-order chi connectivity index (χ1) is 9.10. The summed E-state index contributed by atoms with van der Waals surface area (Å²) in [5.74, 6) is 0.0549. The number of methoxy groups -OCH3 is 1. The summed E-state index contributed by atoms with van der Waals surface area (Å²) < 4.78 is 14.7. The second-order valence-corrected chi connectivity index (χ2v) is 3.92. The number of carboxylic acids is 1. The van der Waals surface area contributed by atoms with Crippen LogP contribution in [0.25, 0.3) is 0 Å². The summed E-state index contributed by atoms with van der Waals surface area (Å²) in [5.41, 5.74) is 0.716. The molecule has 0 saturated carbocycles. The Kier molecular flexibility index (Phi) is 3.74. The van der Waals surface area contributed by atoms with Gasteiger partial charge in [0.05, 0.1) is 7.11 Å². The molecular formula is C12H13NO6. The van der Waals surface area contributed by atoms with Crippen molar-refractivity contribution in [2.75, 3.05) is 13.9 Å². The van der Waals surface area contributed by atoms with Gasteiger partial charge in [-0.1, -0.05) is 6.07 Å². The van der Waals surface area contributed by atoms with E-state index in [4.69, 9.17) is 14.6 Å². The number of alkyl carbamates (subject to hydrolysis) is 1. The van der Waals surface area contributed by atoms with E-state index in [1.54, 1.807) is 18.2 Å². The number of carbonyl (C=O) groups is 2. The van der Waals surface area contributed by atoms with E-state index >= 15 is 0 Å². The van der Waals surface area contributed by atoms with Gasteiger partial charge in [0.2, 0.25) is 6.79 Å². The Morgan fingerprint density at radius 1 is 1.42 bits per heavy atom. The lowest BCUT2D eigenvalue weighted by atomic mass is 10.1. The van der Waals surface area contributed by atoms with E-state index < -0.39 is 18.1 Å². The van der Waals surface area contributed by atoms with Crippen LogP contribution in [0.5, 0.6) is 11.5 Å². The predicted molar refractivity (Wildman–Crippen MR) is 63.2 cm³/mol. The number of hydrogen-bond acceptors (Lipinski definition) is 5. The predicted octanol–water partition coefficient (Wildman–Crippen LogP) is 0.767. The van der Waals surface area contributed by atoms with Crippen LogP contribution < -0.4 is 14.8 Å². The number of rotatable bonds is 4. The lowest BCUT2D eigenvalue weighted by Gasteiger charge is -2.13. The Morgan fingerprint density at radius 3 is 2.84 bits per heavy atom. The number of aliphatic carboxylic acids is 1. The minimum atomic E-state index is -1.14. The molecule has 1 heterocycles. The molecule has 2 rings (SSSR count). The van der Waals surface area contributed by atoms with Gasteiger partial charge in [-0.15, -0.1) is 0 Å². The van der Waals surface area contributed by atoms with Gasteiger partial charge < -0.3 is 24.6 Å². The monoisotopic (exact) mass is 267 g/mol. The Bertz CT molecular complexity index is 501. The molecule has 0 saturated heterocycles. The fourth-order valence-corrected chi connectivity index (χ4v) is 1.70. The molecule has 0 aliphatic carbocycles. The number of nitrogens with one attached hydrogen (secondary N) is 1. The van der Waals surface area contributed by atoms with E-state index in [2.05, 4.69) is 10.1 Å². The molecule has 0 bridgehead atoms. The molecule has 7 heteroatoms. The minimum Gasteiger partial charge on any atom is -0.480 e. The van der Waals surface area contributed by atoms with Crippen LogP contribution in [0.2, 0.25) is 0 Å². The maximum absolute atomic E-state index is 11.1. The maximum Gasteiger partial charge on any atom is 0.407 e. The number of fused-ring (bicyclic) bond motifs is 1. The lowest BCUT2D eigenvalue weighted by Crippen LogP contribution is -2.42. The van der Waals surface area contributed by atoms with Crippen molar-refractivity contribution in [3.63, 3.8) is 0 Å². The first-order valence-corrected chi connectivity index (χ1v) is 5.56. The summed E-state index contributed by atoms with van der Waals surface area (Å²) in [7, 11) is 1.18. The maximum atomic E-state index is 11.1. The topological polar surface area (TPSA) is 94.1 Å². The number of amides is 1. The highest BCUT2D eigenvalue weighted by molar-refractivity contribution is 5.80. The summed E-state index contributed by atoms with van der Waals surface area (Å²) in [4.78, 5) is 22.1. The van der Waals surface area contributed by atoms with Crippen molar-refractivity contribution in [1.29, 1.82) is 0 Å². The highest BCUT2D eigenvalue weighted by Gasteiger charge is 2.22. The van der Waals surface area contributed by atoms with Crippen molar-refractivity contribution in [2.45, 2.75) is 12.5 Å².